The van der Waals surface area contributed by atoms with Crippen molar-refractivity contribution in [3.8, 4) is 0 Å². The van der Waals surface area contributed by atoms with Crippen LogP contribution in [0.15, 0.2) is 61.2 Å². The van der Waals surface area contributed by atoms with E-state index in [1.54, 1.807) is 42.9 Å². The predicted molar refractivity (Wildman–Crippen MR) is 132 cm³/mol. The summed E-state index contributed by atoms with van der Waals surface area (Å²) < 4.78 is 0. The molecule has 4 rings (SSSR count). The highest BCUT2D eigenvalue weighted by molar-refractivity contribution is 6.29. The molecule has 10 heteroatoms. The lowest BCUT2D eigenvalue weighted by atomic mass is 9.86. The summed E-state index contributed by atoms with van der Waals surface area (Å²) in [4.78, 5) is 25.6. The normalized spacial score (nSPS) is 14.4. The summed E-state index contributed by atoms with van der Waals surface area (Å²) in [7, 11) is 0. The van der Waals surface area contributed by atoms with E-state index in [1.165, 1.54) is 6.20 Å². The quantitative estimate of drug-likeness (QED) is 0.427. The summed E-state index contributed by atoms with van der Waals surface area (Å²) >= 11 is 5.83. The highest BCUT2D eigenvalue weighted by Crippen LogP contribution is 2.32. The van der Waals surface area contributed by atoms with E-state index in [0.717, 1.165) is 31.5 Å². The molecule has 0 aliphatic carbocycles. The summed E-state index contributed by atoms with van der Waals surface area (Å²) in [6, 6.07) is 10.9. The van der Waals surface area contributed by atoms with Gasteiger partial charge in [-0.1, -0.05) is 11.6 Å². The molecule has 1 saturated heterocycles. The van der Waals surface area contributed by atoms with Crippen molar-refractivity contribution < 1.29 is 4.79 Å². The number of anilines is 2. The van der Waals surface area contributed by atoms with Crippen molar-refractivity contribution >= 4 is 53.8 Å². The van der Waals surface area contributed by atoms with Crippen LogP contribution in [0.3, 0.4) is 0 Å². The Kier molecular flexibility index (Phi) is 10.1. The van der Waals surface area contributed by atoms with Crippen LogP contribution in [0.5, 0.6) is 0 Å². The molecular formula is C22H25Cl3N6O. The average molecular weight is 496 g/mol. The Bertz CT molecular complexity index is 984. The van der Waals surface area contributed by atoms with E-state index in [2.05, 4.69) is 30.9 Å². The topological polar surface area (TPSA) is 91.8 Å². The summed E-state index contributed by atoms with van der Waals surface area (Å²) in [5, 5.41) is 10.2. The van der Waals surface area contributed by atoms with Crippen LogP contribution in [0.25, 0.3) is 0 Å². The molecule has 0 radical (unpaired) electrons. The van der Waals surface area contributed by atoms with Crippen LogP contribution in [0, 0.1) is 5.92 Å². The molecule has 32 heavy (non-hydrogen) atoms. The largest absolute Gasteiger partial charge is 0.362 e. The first-order valence-corrected chi connectivity index (χ1v) is 10.3. The number of piperidine rings is 1. The van der Waals surface area contributed by atoms with Crippen molar-refractivity contribution in [2.24, 2.45) is 5.92 Å². The fourth-order valence-electron chi connectivity index (χ4n) is 3.72. The predicted octanol–water partition coefficient (Wildman–Crippen LogP) is 4.77. The van der Waals surface area contributed by atoms with Gasteiger partial charge in [-0.3, -0.25) is 9.78 Å². The van der Waals surface area contributed by atoms with Gasteiger partial charge in [-0.2, -0.15) is 0 Å². The van der Waals surface area contributed by atoms with Gasteiger partial charge in [0.1, 0.15) is 11.0 Å². The first-order chi connectivity index (χ1) is 14.7. The number of rotatable bonds is 6. The van der Waals surface area contributed by atoms with Gasteiger partial charge in [0.05, 0.1) is 23.5 Å². The maximum atomic E-state index is 12.9. The fourth-order valence-corrected chi connectivity index (χ4v) is 3.83. The summed E-state index contributed by atoms with van der Waals surface area (Å²) in [5.74, 6) is 0.720. The smallest absolute Gasteiger partial charge is 0.259 e. The van der Waals surface area contributed by atoms with E-state index in [-0.39, 0.29) is 36.8 Å². The number of aromatic nitrogens is 3. The van der Waals surface area contributed by atoms with Gasteiger partial charge in [0.2, 0.25) is 0 Å². The Hall–Kier alpha value is -2.45. The number of nitrogens with one attached hydrogen (secondary N) is 3. The maximum absolute atomic E-state index is 12.9. The van der Waals surface area contributed by atoms with Crippen LogP contribution in [0.2, 0.25) is 5.15 Å². The average Bonchev–Trinajstić information content (AvgIpc) is 2.80. The summed E-state index contributed by atoms with van der Waals surface area (Å²) in [6.45, 7) is 1.96. The molecule has 7 nitrogen and oxygen atoms in total. The Morgan fingerprint density at radius 3 is 2.47 bits per heavy atom. The second-order valence-corrected chi connectivity index (χ2v) is 7.60. The third kappa shape index (κ3) is 6.53. The fraction of sp³-hybridized carbons (Fsp3) is 0.273. The lowest BCUT2D eigenvalue weighted by Crippen LogP contribution is -2.34. The molecule has 1 aliphatic heterocycles. The molecular weight excluding hydrogens is 471 g/mol. The molecule has 0 aromatic carbocycles. The van der Waals surface area contributed by atoms with Crippen LogP contribution in [-0.2, 0) is 0 Å². The van der Waals surface area contributed by atoms with E-state index in [0.29, 0.717) is 28.1 Å². The van der Waals surface area contributed by atoms with Crippen molar-refractivity contribution in [3.05, 3.63) is 77.5 Å². The molecule has 3 aromatic heterocycles. The standard InChI is InChI=1S/C22H23ClN6O.2ClH/c23-19-4-3-17(14-27-19)28-22(30)18-2-1-9-26-21(18)29-20(15-5-10-24-11-6-15)16-7-12-25-13-8-16;;/h1-6,9-11,14,16,20,25H,7-8,12-13H2,(H,26,29)(H,28,30);2*1H. The summed E-state index contributed by atoms with van der Waals surface area (Å²) in [5.41, 5.74) is 2.18. The maximum Gasteiger partial charge on any atom is 0.259 e. The van der Waals surface area contributed by atoms with E-state index in [4.69, 9.17) is 11.6 Å². The highest BCUT2D eigenvalue weighted by atomic mass is 35.5. The highest BCUT2D eigenvalue weighted by Gasteiger charge is 2.26. The number of hydrogen-bond donors (Lipinski definition) is 3. The number of pyridine rings is 3. The van der Waals surface area contributed by atoms with Crippen molar-refractivity contribution in [2.45, 2.75) is 18.9 Å². The van der Waals surface area contributed by atoms with Gasteiger partial charge in [0.15, 0.2) is 0 Å². The van der Waals surface area contributed by atoms with E-state index < -0.39 is 0 Å². The number of nitrogens with zero attached hydrogens (tertiary/aromatic N) is 3. The van der Waals surface area contributed by atoms with Crippen molar-refractivity contribution in [3.63, 3.8) is 0 Å². The number of carbonyl (C=O) groups is 1. The van der Waals surface area contributed by atoms with Crippen molar-refractivity contribution in [1.29, 1.82) is 0 Å². The number of hydrogen-bond acceptors (Lipinski definition) is 6. The third-order valence-electron chi connectivity index (χ3n) is 5.25. The lowest BCUT2D eigenvalue weighted by Gasteiger charge is -2.32. The zero-order valence-corrected chi connectivity index (χ0v) is 19.6. The van der Waals surface area contributed by atoms with Gasteiger partial charge in [-0.25, -0.2) is 9.97 Å². The van der Waals surface area contributed by atoms with Crippen LogP contribution < -0.4 is 16.0 Å². The molecule has 0 bridgehead atoms. The zero-order valence-electron chi connectivity index (χ0n) is 17.2. The van der Waals surface area contributed by atoms with Gasteiger partial charge in [-0.15, -0.1) is 24.8 Å². The van der Waals surface area contributed by atoms with Crippen LogP contribution in [0.1, 0.15) is 34.8 Å². The minimum Gasteiger partial charge on any atom is -0.362 e. The molecule has 0 saturated carbocycles. The van der Waals surface area contributed by atoms with Crippen LogP contribution >= 0.6 is 36.4 Å². The molecule has 1 aliphatic rings. The number of amides is 1. The summed E-state index contributed by atoms with van der Waals surface area (Å²) in [6.07, 6.45) is 8.90. The van der Waals surface area contributed by atoms with Gasteiger partial charge in [0.25, 0.3) is 5.91 Å². The molecule has 0 spiro atoms. The Labute approximate surface area is 204 Å². The van der Waals surface area contributed by atoms with E-state index in [1.807, 2.05) is 12.1 Å². The Balaban J connectivity index is 0.00000181. The molecule has 1 atom stereocenters. The molecule has 1 fully saturated rings. The lowest BCUT2D eigenvalue weighted by molar-refractivity contribution is 0.102. The van der Waals surface area contributed by atoms with Gasteiger partial charge >= 0.3 is 0 Å². The minimum atomic E-state index is -0.256. The monoisotopic (exact) mass is 494 g/mol. The second-order valence-electron chi connectivity index (χ2n) is 7.21. The first kappa shape index (κ1) is 25.8. The van der Waals surface area contributed by atoms with Gasteiger partial charge in [0, 0.05) is 18.6 Å². The Morgan fingerprint density at radius 2 is 1.78 bits per heavy atom. The minimum absolute atomic E-state index is 0. The molecule has 1 unspecified atom stereocenters. The Morgan fingerprint density at radius 1 is 1.03 bits per heavy atom. The van der Waals surface area contributed by atoms with E-state index >= 15 is 0 Å². The second kappa shape index (κ2) is 12.6. The molecule has 3 aromatic rings. The molecule has 4 heterocycles. The van der Waals surface area contributed by atoms with Crippen molar-refractivity contribution in [2.75, 3.05) is 23.7 Å². The van der Waals surface area contributed by atoms with Crippen LogP contribution in [-0.4, -0.2) is 33.9 Å². The van der Waals surface area contributed by atoms with Gasteiger partial charge < -0.3 is 16.0 Å². The zero-order chi connectivity index (χ0) is 20.8. The van der Waals surface area contributed by atoms with Crippen molar-refractivity contribution in [1.82, 2.24) is 20.3 Å². The SMILES string of the molecule is Cl.Cl.O=C(Nc1ccc(Cl)nc1)c1cccnc1NC(c1ccncc1)C1CCNCC1. The number of carbonyl (C=O) groups excluding carboxylic acids is 1. The van der Waals surface area contributed by atoms with Gasteiger partial charge in [-0.05, 0) is 73.8 Å². The number of halogens is 3. The van der Waals surface area contributed by atoms with E-state index in [9.17, 15) is 4.79 Å². The van der Waals surface area contributed by atoms with Crippen LogP contribution in [0.4, 0.5) is 11.5 Å². The first-order valence-electron chi connectivity index (χ1n) is 9.96. The molecule has 1 amide bonds. The third-order valence-corrected chi connectivity index (χ3v) is 5.47. The molecule has 170 valence electrons. The molecule has 3 N–H and O–H groups in total.